The lowest BCUT2D eigenvalue weighted by Crippen LogP contribution is -2.48. The fourth-order valence-corrected chi connectivity index (χ4v) is 3.21. The molecule has 3 rings (SSSR count). The molecule has 0 aromatic rings. The number of rotatable bonds is 3. The maximum atomic E-state index is 12.3. The number of amides is 1. The number of piperidine rings is 1. The number of likely N-dealkylation sites (tertiary alicyclic amines) is 1. The van der Waals surface area contributed by atoms with E-state index in [9.17, 15) is 9.59 Å². The molecule has 3 aliphatic rings. The lowest BCUT2D eigenvalue weighted by Gasteiger charge is -2.33. The molecule has 2 aliphatic carbocycles. The van der Waals surface area contributed by atoms with Crippen LogP contribution in [0.4, 0.5) is 0 Å². The van der Waals surface area contributed by atoms with Gasteiger partial charge in [-0.25, -0.2) is 4.79 Å². The van der Waals surface area contributed by atoms with Crippen molar-refractivity contribution in [1.82, 2.24) is 4.90 Å². The molecule has 3 fully saturated rings. The summed E-state index contributed by atoms with van der Waals surface area (Å²) in [5.74, 6) is 0.800. The van der Waals surface area contributed by atoms with Crippen LogP contribution in [0, 0.1) is 17.8 Å². The monoisotopic (exact) mass is 237 g/mol. The molecule has 1 amide bonds. The molecule has 0 radical (unpaired) electrons. The van der Waals surface area contributed by atoms with Crippen LogP contribution in [0.3, 0.4) is 0 Å². The van der Waals surface area contributed by atoms with E-state index in [1.807, 2.05) is 0 Å². The largest absolute Gasteiger partial charge is 0.480 e. The minimum Gasteiger partial charge on any atom is -0.480 e. The molecular weight excluding hydrogens is 218 g/mol. The standard InChI is InChI=1S/C13H19NO3/c15-12(10-7-9(10)8-4-5-8)14-6-2-1-3-11(14)13(16)17/h8-11H,1-7H2,(H,16,17)/t9-,10+,11-/m1/s1. The zero-order valence-electron chi connectivity index (χ0n) is 9.97. The van der Waals surface area contributed by atoms with E-state index in [1.165, 1.54) is 12.8 Å². The van der Waals surface area contributed by atoms with Gasteiger partial charge < -0.3 is 10.0 Å². The Bertz CT molecular complexity index is 351. The molecule has 0 aromatic heterocycles. The third-order valence-corrected chi connectivity index (χ3v) is 4.46. The molecule has 0 unspecified atom stereocenters. The van der Waals surface area contributed by atoms with Crippen molar-refractivity contribution in [3.8, 4) is 0 Å². The number of carbonyl (C=O) groups excluding carboxylic acids is 1. The summed E-state index contributed by atoms with van der Waals surface area (Å²) in [5, 5.41) is 9.15. The van der Waals surface area contributed by atoms with E-state index in [4.69, 9.17) is 5.11 Å². The molecule has 0 bridgehead atoms. The Kier molecular flexibility index (Phi) is 2.60. The van der Waals surface area contributed by atoms with Gasteiger partial charge in [0.2, 0.25) is 5.91 Å². The normalized spacial score (nSPS) is 36.7. The number of carboxylic acids is 1. The number of aliphatic carboxylic acids is 1. The quantitative estimate of drug-likeness (QED) is 0.809. The molecule has 2 saturated carbocycles. The van der Waals surface area contributed by atoms with Gasteiger partial charge in [-0.2, -0.15) is 0 Å². The van der Waals surface area contributed by atoms with Gasteiger partial charge in [-0.3, -0.25) is 4.79 Å². The fourth-order valence-electron chi connectivity index (χ4n) is 3.21. The van der Waals surface area contributed by atoms with Gasteiger partial charge in [0.15, 0.2) is 0 Å². The maximum Gasteiger partial charge on any atom is 0.326 e. The van der Waals surface area contributed by atoms with Crippen LogP contribution in [0.25, 0.3) is 0 Å². The summed E-state index contributed by atoms with van der Waals surface area (Å²) in [6.45, 7) is 0.643. The fraction of sp³-hybridized carbons (Fsp3) is 0.846. The molecule has 0 aromatic carbocycles. The Hall–Kier alpha value is -1.06. The molecule has 1 saturated heterocycles. The zero-order chi connectivity index (χ0) is 12.0. The van der Waals surface area contributed by atoms with Crippen molar-refractivity contribution in [3.63, 3.8) is 0 Å². The highest BCUT2D eigenvalue weighted by atomic mass is 16.4. The third kappa shape index (κ3) is 2.05. The van der Waals surface area contributed by atoms with Crippen molar-refractivity contribution in [3.05, 3.63) is 0 Å². The first-order valence-corrected chi connectivity index (χ1v) is 6.72. The van der Waals surface area contributed by atoms with Crippen LogP contribution in [-0.4, -0.2) is 34.5 Å². The molecule has 4 heteroatoms. The number of hydrogen-bond donors (Lipinski definition) is 1. The second kappa shape index (κ2) is 4.00. The predicted octanol–water partition coefficient (Wildman–Crippen LogP) is 1.50. The summed E-state index contributed by atoms with van der Waals surface area (Å²) in [6.07, 6.45) is 6.07. The van der Waals surface area contributed by atoms with Gasteiger partial charge in [-0.05, 0) is 50.4 Å². The average molecular weight is 237 g/mol. The maximum absolute atomic E-state index is 12.3. The topological polar surface area (TPSA) is 57.6 Å². The summed E-state index contributed by atoms with van der Waals surface area (Å²) in [7, 11) is 0. The summed E-state index contributed by atoms with van der Waals surface area (Å²) in [5.41, 5.74) is 0. The highest BCUT2D eigenvalue weighted by Crippen LogP contribution is 2.55. The van der Waals surface area contributed by atoms with Gasteiger partial charge in [0.1, 0.15) is 6.04 Å². The van der Waals surface area contributed by atoms with Gasteiger partial charge in [-0.15, -0.1) is 0 Å². The number of carboxylic acid groups (broad SMARTS) is 1. The van der Waals surface area contributed by atoms with Crippen LogP contribution in [0.5, 0.6) is 0 Å². The molecule has 3 atom stereocenters. The Morgan fingerprint density at radius 1 is 1.12 bits per heavy atom. The highest BCUT2D eigenvalue weighted by Gasteiger charge is 2.53. The molecule has 0 spiro atoms. The average Bonchev–Trinajstić information content (AvgIpc) is 3.15. The minimum atomic E-state index is -0.832. The van der Waals surface area contributed by atoms with Crippen LogP contribution in [0.1, 0.15) is 38.5 Å². The first-order valence-electron chi connectivity index (χ1n) is 6.72. The van der Waals surface area contributed by atoms with Crippen molar-refractivity contribution in [2.24, 2.45) is 17.8 Å². The van der Waals surface area contributed by atoms with Crippen molar-refractivity contribution < 1.29 is 14.7 Å². The SMILES string of the molecule is O=C(O)[C@H]1CCCCN1C(=O)[C@H]1C[C@@H]1C1CC1. The molecule has 1 heterocycles. The summed E-state index contributed by atoms with van der Waals surface area (Å²) < 4.78 is 0. The van der Waals surface area contributed by atoms with Crippen molar-refractivity contribution in [2.45, 2.75) is 44.6 Å². The van der Waals surface area contributed by atoms with Gasteiger partial charge in [-0.1, -0.05) is 0 Å². The highest BCUT2D eigenvalue weighted by molar-refractivity contribution is 5.87. The van der Waals surface area contributed by atoms with Crippen molar-refractivity contribution in [1.29, 1.82) is 0 Å². The Labute approximate surface area is 101 Å². The van der Waals surface area contributed by atoms with Gasteiger partial charge in [0, 0.05) is 12.5 Å². The van der Waals surface area contributed by atoms with E-state index in [0.29, 0.717) is 18.9 Å². The molecule has 4 nitrogen and oxygen atoms in total. The van der Waals surface area contributed by atoms with E-state index >= 15 is 0 Å². The second-order valence-corrected chi connectivity index (χ2v) is 5.72. The Morgan fingerprint density at radius 3 is 2.53 bits per heavy atom. The molecule has 1 aliphatic heterocycles. The molecule has 94 valence electrons. The van der Waals surface area contributed by atoms with Crippen LogP contribution in [0.15, 0.2) is 0 Å². The van der Waals surface area contributed by atoms with E-state index in [2.05, 4.69) is 0 Å². The number of carbonyl (C=O) groups is 2. The van der Waals surface area contributed by atoms with Crippen molar-refractivity contribution in [2.75, 3.05) is 6.54 Å². The van der Waals surface area contributed by atoms with E-state index < -0.39 is 12.0 Å². The lowest BCUT2D eigenvalue weighted by molar-refractivity contribution is -0.152. The van der Waals surface area contributed by atoms with Crippen LogP contribution in [-0.2, 0) is 9.59 Å². The molecule has 1 N–H and O–H groups in total. The van der Waals surface area contributed by atoms with Gasteiger partial charge in [0.05, 0.1) is 0 Å². The van der Waals surface area contributed by atoms with E-state index in [0.717, 1.165) is 25.2 Å². The first-order chi connectivity index (χ1) is 8.18. The predicted molar refractivity (Wildman–Crippen MR) is 61.3 cm³/mol. The molecule has 17 heavy (non-hydrogen) atoms. The lowest BCUT2D eigenvalue weighted by atomic mass is 10.0. The number of hydrogen-bond acceptors (Lipinski definition) is 2. The molecular formula is C13H19NO3. The Morgan fingerprint density at radius 2 is 1.88 bits per heavy atom. The van der Waals surface area contributed by atoms with Crippen molar-refractivity contribution >= 4 is 11.9 Å². The first kappa shape index (κ1) is 11.1. The van der Waals surface area contributed by atoms with E-state index in [-0.39, 0.29) is 11.8 Å². The van der Waals surface area contributed by atoms with Crippen LogP contribution in [0.2, 0.25) is 0 Å². The van der Waals surface area contributed by atoms with Crippen LogP contribution >= 0.6 is 0 Å². The summed E-state index contributed by atoms with van der Waals surface area (Å²) in [6, 6.07) is -0.559. The minimum absolute atomic E-state index is 0.119. The summed E-state index contributed by atoms with van der Waals surface area (Å²) >= 11 is 0. The van der Waals surface area contributed by atoms with Crippen LogP contribution < -0.4 is 0 Å². The third-order valence-electron chi connectivity index (χ3n) is 4.46. The smallest absolute Gasteiger partial charge is 0.326 e. The van der Waals surface area contributed by atoms with Gasteiger partial charge >= 0.3 is 5.97 Å². The van der Waals surface area contributed by atoms with E-state index in [1.54, 1.807) is 4.90 Å². The van der Waals surface area contributed by atoms with Gasteiger partial charge in [0.25, 0.3) is 0 Å². The second-order valence-electron chi connectivity index (χ2n) is 5.72. The number of nitrogens with zero attached hydrogens (tertiary/aromatic N) is 1. The summed E-state index contributed by atoms with van der Waals surface area (Å²) in [4.78, 5) is 25.1. The zero-order valence-corrected chi connectivity index (χ0v) is 9.97. The Balaban J connectivity index is 1.65.